The van der Waals surface area contributed by atoms with Crippen LogP contribution >= 0.6 is 0 Å². The van der Waals surface area contributed by atoms with Crippen LogP contribution in [0.1, 0.15) is 38.9 Å². The average Bonchev–Trinajstić information content (AvgIpc) is 3.94. The molecule has 0 amide bonds. The van der Waals surface area contributed by atoms with Crippen LogP contribution in [0.25, 0.3) is 111 Å². The molecule has 0 saturated carbocycles. The zero-order valence-electron chi connectivity index (χ0n) is 41.7. The zero-order chi connectivity index (χ0) is 52.8. The summed E-state index contributed by atoms with van der Waals surface area (Å²) in [4.78, 5) is 0. The van der Waals surface area contributed by atoms with Gasteiger partial charge in [0, 0.05) is 21.5 Å². The van der Waals surface area contributed by atoms with Crippen LogP contribution < -0.4 is 0 Å². The summed E-state index contributed by atoms with van der Waals surface area (Å²) < 4.78 is 92.5. The van der Waals surface area contributed by atoms with E-state index < -0.39 is 23.5 Å². The van der Waals surface area contributed by atoms with Crippen molar-refractivity contribution in [2.24, 2.45) is 0 Å². The lowest BCUT2D eigenvalue weighted by atomic mass is 9.96. The number of hydrogen-bond acceptors (Lipinski definition) is 1. The molecule has 0 saturated heterocycles. The lowest BCUT2D eigenvalue weighted by Gasteiger charge is -2.20. The van der Waals surface area contributed by atoms with Gasteiger partial charge in [0.1, 0.15) is 11.6 Å². The summed E-state index contributed by atoms with van der Waals surface area (Å²) in [6.45, 7) is 8.19. The second-order valence-corrected chi connectivity index (χ2v) is 19.7. The number of rotatable bonds is 7. The van der Waals surface area contributed by atoms with Gasteiger partial charge in [-0.3, -0.25) is 0 Å². The standard InChI is InChI=1S/C67H45F6N3/c1-39-13-5-9-17-51(39)43-21-25-60-55(31-43)56-32-44(52-18-10-6-14-40(52)2)22-26-61(56)75(60)64-35-48(47-29-49(66(68,69)70)37-50(30-47)67(71,72)73)36-65(59(64)38-74)76-62-27-23-45(53-19-11-7-15-41(53)3)33-57(62)58-34-46(24-28-63(58)76)54-20-12-8-16-42(54)4/h5-37H,1-4H3. The third-order valence-electron chi connectivity index (χ3n) is 15.0. The molecule has 0 radical (unpaired) electrons. The largest absolute Gasteiger partial charge is 0.416 e. The molecule has 0 N–H and O–H groups in total. The van der Waals surface area contributed by atoms with Gasteiger partial charge in [-0.2, -0.15) is 31.6 Å². The highest BCUT2D eigenvalue weighted by atomic mass is 19.4. The monoisotopic (exact) mass is 1010 g/mol. The van der Waals surface area contributed by atoms with Crippen LogP contribution in [0.15, 0.2) is 200 Å². The van der Waals surface area contributed by atoms with Gasteiger partial charge in [0.15, 0.2) is 0 Å². The fourth-order valence-corrected chi connectivity index (χ4v) is 11.2. The third-order valence-corrected chi connectivity index (χ3v) is 15.0. The Hall–Kier alpha value is -9.13. The van der Waals surface area contributed by atoms with Crippen molar-refractivity contribution >= 4 is 43.6 Å². The molecule has 0 aliphatic heterocycles. The van der Waals surface area contributed by atoms with E-state index in [1.807, 2.05) is 158 Å². The van der Waals surface area contributed by atoms with E-state index >= 15 is 0 Å². The quantitative estimate of drug-likeness (QED) is 0.147. The van der Waals surface area contributed by atoms with Gasteiger partial charge in [-0.05, 0) is 184 Å². The number of benzene rings is 10. The number of fused-ring (bicyclic) bond motifs is 6. The Morgan fingerprint density at radius 2 is 0.605 bits per heavy atom. The van der Waals surface area contributed by atoms with Crippen molar-refractivity contribution in [1.29, 1.82) is 5.26 Å². The van der Waals surface area contributed by atoms with E-state index in [0.29, 0.717) is 22.1 Å². The Kier molecular flexibility index (Phi) is 11.4. The highest BCUT2D eigenvalue weighted by Crippen LogP contribution is 2.46. The first-order valence-corrected chi connectivity index (χ1v) is 24.8. The lowest BCUT2D eigenvalue weighted by Crippen LogP contribution is -2.11. The molecule has 0 aliphatic rings. The molecule has 370 valence electrons. The van der Waals surface area contributed by atoms with Crippen LogP contribution in [-0.2, 0) is 12.4 Å². The van der Waals surface area contributed by atoms with Crippen molar-refractivity contribution in [3.8, 4) is 73.1 Å². The van der Waals surface area contributed by atoms with Gasteiger partial charge in [0.25, 0.3) is 0 Å². The fraction of sp³-hybridized carbons (Fsp3) is 0.0896. The summed E-state index contributed by atoms with van der Waals surface area (Å²) in [6.07, 6.45) is -10.2. The summed E-state index contributed by atoms with van der Waals surface area (Å²) in [7, 11) is 0. The number of aromatic nitrogens is 2. The van der Waals surface area contributed by atoms with Crippen molar-refractivity contribution < 1.29 is 26.3 Å². The topological polar surface area (TPSA) is 33.6 Å². The number of aryl methyl sites for hydroxylation is 4. The summed E-state index contributed by atoms with van der Waals surface area (Å²) >= 11 is 0. The van der Waals surface area contributed by atoms with Crippen LogP contribution in [0.4, 0.5) is 26.3 Å². The highest BCUT2D eigenvalue weighted by Gasteiger charge is 2.37. The molecule has 10 aromatic carbocycles. The summed E-state index contributed by atoms with van der Waals surface area (Å²) in [6, 6.07) is 64.0. The van der Waals surface area contributed by atoms with E-state index in [1.165, 1.54) is 0 Å². The van der Waals surface area contributed by atoms with Gasteiger partial charge < -0.3 is 9.13 Å². The average molecular weight is 1010 g/mol. The summed E-state index contributed by atoms with van der Waals surface area (Å²) in [5.74, 6) is 0. The molecule has 0 unspecified atom stereocenters. The van der Waals surface area contributed by atoms with Crippen LogP contribution in [0.2, 0.25) is 0 Å². The fourth-order valence-electron chi connectivity index (χ4n) is 11.2. The molecule has 2 aromatic heterocycles. The third kappa shape index (κ3) is 8.09. The first kappa shape index (κ1) is 47.8. The molecule has 0 aliphatic carbocycles. The molecule has 0 atom stereocenters. The Morgan fingerprint density at radius 1 is 0.329 bits per heavy atom. The molecule has 0 spiro atoms. The van der Waals surface area contributed by atoms with E-state index in [-0.39, 0.29) is 34.1 Å². The number of hydrogen-bond donors (Lipinski definition) is 0. The molecule has 76 heavy (non-hydrogen) atoms. The number of alkyl halides is 6. The van der Waals surface area contributed by atoms with Crippen molar-refractivity contribution in [3.63, 3.8) is 0 Å². The van der Waals surface area contributed by atoms with Gasteiger partial charge in [0.2, 0.25) is 0 Å². The zero-order valence-corrected chi connectivity index (χ0v) is 41.7. The number of halogens is 6. The molecular formula is C67H45F6N3. The maximum Gasteiger partial charge on any atom is 0.416 e. The minimum absolute atomic E-state index is 0.0479. The van der Waals surface area contributed by atoms with Crippen molar-refractivity contribution in [2.45, 2.75) is 40.0 Å². The second-order valence-electron chi connectivity index (χ2n) is 19.7. The van der Waals surface area contributed by atoms with Crippen LogP contribution in [-0.4, -0.2) is 9.13 Å². The lowest BCUT2D eigenvalue weighted by molar-refractivity contribution is -0.143. The second kappa shape index (κ2) is 18.1. The van der Waals surface area contributed by atoms with Crippen molar-refractivity contribution in [1.82, 2.24) is 9.13 Å². The first-order chi connectivity index (χ1) is 36.5. The molecule has 9 heteroatoms. The minimum Gasteiger partial charge on any atom is -0.308 e. The molecule has 0 fully saturated rings. The molecule has 12 aromatic rings. The van der Waals surface area contributed by atoms with Crippen molar-refractivity contribution in [3.05, 3.63) is 239 Å². The van der Waals surface area contributed by atoms with E-state index in [2.05, 4.69) is 54.6 Å². The van der Waals surface area contributed by atoms with Crippen LogP contribution in [0.5, 0.6) is 0 Å². The van der Waals surface area contributed by atoms with Gasteiger partial charge in [-0.15, -0.1) is 0 Å². The van der Waals surface area contributed by atoms with Gasteiger partial charge in [0.05, 0.1) is 44.6 Å². The van der Waals surface area contributed by atoms with Gasteiger partial charge in [-0.1, -0.05) is 121 Å². The number of nitrogens with zero attached hydrogens (tertiary/aromatic N) is 3. The summed E-state index contributed by atoms with van der Waals surface area (Å²) in [5.41, 5.74) is 12.4. The minimum atomic E-state index is -5.11. The van der Waals surface area contributed by atoms with Gasteiger partial charge in [-0.25, -0.2) is 0 Å². The Morgan fingerprint density at radius 3 is 0.868 bits per heavy atom. The molecule has 12 rings (SSSR count). The van der Waals surface area contributed by atoms with Crippen LogP contribution in [0, 0.1) is 39.0 Å². The maximum atomic E-state index is 14.8. The summed E-state index contributed by atoms with van der Waals surface area (Å²) in [5, 5.41) is 15.1. The van der Waals surface area contributed by atoms with Crippen LogP contribution in [0.3, 0.4) is 0 Å². The van der Waals surface area contributed by atoms with E-state index in [4.69, 9.17) is 0 Å². The maximum absolute atomic E-state index is 14.8. The molecule has 3 nitrogen and oxygen atoms in total. The Bertz CT molecular complexity index is 3920. The molecule has 0 bridgehead atoms. The Balaban J connectivity index is 1.22. The highest BCUT2D eigenvalue weighted by molar-refractivity contribution is 6.14. The SMILES string of the molecule is Cc1ccccc1-c1ccc2c(c1)c1cc(-c3ccccc3C)ccc1n2-c1cc(-c2cc(C(F)(F)F)cc(C(F)(F)F)c2)cc(-n2c3ccc(-c4ccccc4C)cc3c3cc(-c4ccccc4C)ccc32)c1C#N. The van der Waals surface area contributed by atoms with Crippen molar-refractivity contribution in [2.75, 3.05) is 0 Å². The normalized spacial score (nSPS) is 12.1. The predicted octanol–water partition coefficient (Wildman–Crippen LogP) is 19.4. The first-order valence-electron chi connectivity index (χ1n) is 24.8. The van der Waals surface area contributed by atoms with E-state index in [9.17, 15) is 31.6 Å². The molecular weight excluding hydrogens is 961 g/mol. The molecule has 2 heterocycles. The van der Waals surface area contributed by atoms with E-state index in [1.54, 1.807) is 12.1 Å². The number of nitriles is 1. The van der Waals surface area contributed by atoms with E-state index in [0.717, 1.165) is 100 Å². The smallest absolute Gasteiger partial charge is 0.308 e. The van der Waals surface area contributed by atoms with Gasteiger partial charge >= 0.3 is 12.4 Å². The Labute approximate surface area is 434 Å². The predicted molar refractivity (Wildman–Crippen MR) is 296 cm³/mol.